The van der Waals surface area contributed by atoms with Crippen LogP contribution in [0.1, 0.15) is 32.6 Å². The number of aliphatic carboxylic acids is 1. The Bertz CT molecular complexity index is 382. The summed E-state index contributed by atoms with van der Waals surface area (Å²) in [4.78, 5) is 36.6. The number of hydrogen-bond donors (Lipinski definition) is 1. The molecule has 100 valence electrons. The van der Waals surface area contributed by atoms with E-state index in [0.29, 0.717) is 12.8 Å². The fraction of sp³-hybridized carbons (Fsp3) is 0.750. The Morgan fingerprint density at radius 3 is 2.50 bits per heavy atom. The highest BCUT2D eigenvalue weighted by Gasteiger charge is 2.52. The van der Waals surface area contributed by atoms with Gasteiger partial charge in [-0.3, -0.25) is 14.5 Å². The summed E-state index contributed by atoms with van der Waals surface area (Å²) >= 11 is 1.26. The molecule has 1 saturated carbocycles. The van der Waals surface area contributed by atoms with Crippen molar-refractivity contribution in [3.05, 3.63) is 0 Å². The van der Waals surface area contributed by atoms with E-state index in [1.54, 1.807) is 0 Å². The lowest BCUT2D eigenvalue weighted by Crippen LogP contribution is -2.63. The highest BCUT2D eigenvalue weighted by molar-refractivity contribution is 8.00. The Labute approximate surface area is 110 Å². The van der Waals surface area contributed by atoms with Crippen LogP contribution in [0.2, 0.25) is 0 Å². The van der Waals surface area contributed by atoms with Gasteiger partial charge < -0.3 is 5.11 Å². The first-order valence-corrected chi connectivity index (χ1v) is 7.30. The van der Waals surface area contributed by atoms with E-state index in [2.05, 4.69) is 0 Å². The van der Waals surface area contributed by atoms with Crippen LogP contribution in [0, 0.1) is 5.92 Å². The third-order valence-electron chi connectivity index (χ3n) is 3.75. The molecule has 0 radical (unpaired) electrons. The van der Waals surface area contributed by atoms with E-state index in [0.717, 1.165) is 17.7 Å². The van der Waals surface area contributed by atoms with Crippen LogP contribution in [0.5, 0.6) is 0 Å². The van der Waals surface area contributed by atoms with E-state index in [9.17, 15) is 19.5 Å². The van der Waals surface area contributed by atoms with Crippen molar-refractivity contribution < 1.29 is 19.5 Å². The number of thioether (sulfide) groups is 1. The zero-order valence-corrected chi connectivity index (χ0v) is 11.2. The van der Waals surface area contributed by atoms with Crippen molar-refractivity contribution in [2.75, 3.05) is 11.5 Å². The van der Waals surface area contributed by atoms with Crippen LogP contribution in [-0.4, -0.2) is 44.8 Å². The quantitative estimate of drug-likeness (QED) is 0.762. The van der Waals surface area contributed by atoms with Gasteiger partial charge in [0.05, 0.1) is 11.5 Å². The molecule has 18 heavy (non-hydrogen) atoms. The van der Waals surface area contributed by atoms with E-state index in [1.807, 2.05) is 6.92 Å². The van der Waals surface area contributed by atoms with Crippen LogP contribution in [0.15, 0.2) is 0 Å². The second-order valence-electron chi connectivity index (χ2n) is 5.15. The molecular weight excluding hydrogens is 254 g/mol. The molecule has 1 N–H and O–H groups in total. The molecule has 0 aromatic carbocycles. The molecule has 2 amide bonds. The van der Waals surface area contributed by atoms with Gasteiger partial charge in [0.25, 0.3) is 0 Å². The molecule has 2 aliphatic rings. The molecular formula is C12H17NO4S. The standard InChI is InChI=1S/C12H17NO4S/c1-8-3-2-4-12(5-8,11(16)17)13-9(14)6-18-7-10(13)15/h8H,2-7H2,1H3,(H,16,17). The number of carboxylic acids is 1. The van der Waals surface area contributed by atoms with Crippen molar-refractivity contribution in [2.45, 2.75) is 38.1 Å². The Balaban J connectivity index is 2.36. The van der Waals surface area contributed by atoms with Crippen LogP contribution in [0.25, 0.3) is 0 Å². The molecule has 2 atom stereocenters. The summed E-state index contributed by atoms with van der Waals surface area (Å²) in [6, 6.07) is 0. The van der Waals surface area contributed by atoms with Crippen LogP contribution in [-0.2, 0) is 14.4 Å². The van der Waals surface area contributed by atoms with E-state index in [4.69, 9.17) is 0 Å². The second-order valence-corrected chi connectivity index (χ2v) is 6.14. The van der Waals surface area contributed by atoms with Crippen LogP contribution in [0.3, 0.4) is 0 Å². The molecule has 1 aliphatic heterocycles. The van der Waals surface area contributed by atoms with Crippen molar-refractivity contribution in [3.63, 3.8) is 0 Å². The fourth-order valence-corrected chi connectivity index (χ4v) is 3.70. The van der Waals surface area contributed by atoms with E-state index in [1.165, 1.54) is 11.8 Å². The maximum absolute atomic E-state index is 11.9. The average Bonchev–Trinajstić information content (AvgIpc) is 2.28. The molecule has 1 aliphatic carbocycles. The van der Waals surface area contributed by atoms with Gasteiger partial charge in [-0.1, -0.05) is 19.8 Å². The van der Waals surface area contributed by atoms with E-state index in [-0.39, 0.29) is 29.2 Å². The summed E-state index contributed by atoms with van der Waals surface area (Å²) < 4.78 is 0. The molecule has 0 spiro atoms. The topological polar surface area (TPSA) is 74.7 Å². The van der Waals surface area contributed by atoms with Crippen LogP contribution >= 0.6 is 11.8 Å². The third kappa shape index (κ3) is 2.13. The SMILES string of the molecule is CC1CCCC(C(=O)O)(N2C(=O)CSCC2=O)C1. The van der Waals surface area contributed by atoms with Crippen molar-refractivity contribution in [1.82, 2.24) is 4.90 Å². The monoisotopic (exact) mass is 271 g/mol. The zero-order valence-electron chi connectivity index (χ0n) is 10.3. The molecule has 0 bridgehead atoms. The molecule has 1 saturated heterocycles. The largest absolute Gasteiger partial charge is 0.479 e. The number of imide groups is 1. The minimum absolute atomic E-state index is 0.204. The van der Waals surface area contributed by atoms with Gasteiger partial charge in [-0.05, 0) is 18.8 Å². The van der Waals surface area contributed by atoms with Gasteiger partial charge in [-0.15, -0.1) is 11.8 Å². The lowest BCUT2D eigenvalue weighted by atomic mass is 9.75. The average molecular weight is 271 g/mol. The lowest BCUT2D eigenvalue weighted by Gasteiger charge is -2.44. The number of hydrogen-bond acceptors (Lipinski definition) is 4. The Morgan fingerprint density at radius 2 is 2.00 bits per heavy atom. The van der Waals surface area contributed by atoms with Gasteiger partial charge in [0.1, 0.15) is 5.54 Å². The number of carboxylic acid groups (broad SMARTS) is 1. The zero-order chi connectivity index (χ0) is 13.3. The minimum Gasteiger partial charge on any atom is -0.479 e. The van der Waals surface area contributed by atoms with Gasteiger partial charge >= 0.3 is 5.97 Å². The predicted molar refractivity (Wildman–Crippen MR) is 67.2 cm³/mol. The van der Waals surface area contributed by atoms with Crippen molar-refractivity contribution in [1.29, 1.82) is 0 Å². The molecule has 6 heteroatoms. The first kappa shape index (κ1) is 13.4. The number of amides is 2. The summed E-state index contributed by atoms with van der Waals surface area (Å²) in [5, 5.41) is 9.54. The summed E-state index contributed by atoms with van der Waals surface area (Å²) in [7, 11) is 0. The maximum atomic E-state index is 11.9. The summed E-state index contributed by atoms with van der Waals surface area (Å²) in [5.74, 6) is -1.11. The van der Waals surface area contributed by atoms with Gasteiger partial charge in [0.2, 0.25) is 11.8 Å². The predicted octanol–water partition coefficient (Wildman–Crippen LogP) is 1.12. The molecule has 2 rings (SSSR count). The molecule has 1 heterocycles. The van der Waals surface area contributed by atoms with Gasteiger partial charge in [0, 0.05) is 0 Å². The summed E-state index contributed by atoms with van der Waals surface area (Å²) in [5.41, 5.74) is -1.30. The molecule has 2 unspecified atom stereocenters. The van der Waals surface area contributed by atoms with E-state index >= 15 is 0 Å². The number of rotatable bonds is 2. The smallest absolute Gasteiger partial charge is 0.330 e. The molecule has 2 fully saturated rings. The fourth-order valence-electron chi connectivity index (χ4n) is 2.99. The first-order chi connectivity index (χ1) is 8.47. The number of carbonyl (C=O) groups excluding carboxylic acids is 2. The van der Waals surface area contributed by atoms with Crippen molar-refractivity contribution in [2.24, 2.45) is 5.92 Å². The normalized spacial score (nSPS) is 33.6. The van der Waals surface area contributed by atoms with Crippen molar-refractivity contribution in [3.8, 4) is 0 Å². The second kappa shape index (κ2) is 4.91. The highest BCUT2D eigenvalue weighted by atomic mass is 32.2. The van der Waals surface area contributed by atoms with Gasteiger partial charge in [-0.2, -0.15) is 0 Å². The maximum Gasteiger partial charge on any atom is 0.330 e. The van der Waals surface area contributed by atoms with Crippen LogP contribution in [0.4, 0.5) is 0 Å². The first-order valence-electron chi connectivity index (χ1n) is 6.14. The van der Waals surface area contributed by atoms with E-state index < -0.39 is 11.5 Å². The molecule has 5 nitrogen and oxygen atoms in total. The van der Waals surface area contributed by atoms with Gasteiger partial charge in [-0.25, -0.2) is 4.79 Å². The number of nitrogens with zero attached hydrogens (tertiary/aromatic N) is 1. The lowest BCUT2D eigenvalue weighted by molar-refractivity contribution is -0.168. The van der Waals surface area contributed by atoms with Crippen molar-refractivity contribution >= 4 is 29.5 Å². The highest BCUT2D eigenvalue weighted by Crippen LogP contribution is 2.39. The Kier molecular flexibility index (Phi) is 3.66. The summed E-state index contributed by atoms with van der Waals surface area (Å²) in [6.45, 7) is 1.98. The van der Waals surface area contributed by atoms with Gasteiger partial charge in [0.15, 0.2) is 0 Å². The molecule has 0 aromatic heterocycles. The Morgan fingerprint density at radius 1 is 1.39 bits per heavy atom. The Hall–Kier alpha value is -1.04. The summed E-state index contributed by atoms with van der Waals surface area (Å²) in [6.07, 6.45) is 2.47. The van der Waals surface area contributed by atoms with Crippen LogP contribution < -0.4 is 0 Å². The minimum atomic E-state index is -1.30. The number of carbonyl (C=O) groups is 3. The molecule has 0 aromatic rings. The third-order valence-corrected chi connectivity index (χ3v) is 4.65.